The van der Waals surface area contributed by atoms with Crippen LogP contribution in [0.5, 0.6) is 0 Å². The molecule has 0 atom stereocenters. The lowest BCUT2D eigenvalue weighted by Gasteiger charge is -2.22. The second kappa shape index (κ2) is 3.23. The van der Waals surface area contributed by atoms with Gasteiger partial charge in [-0.3, -0.25) is 0 Å². The van der Waals surface area contributed by atoms with Crippen LogP contribution in [0.3, 0.4) is 0 Å². The fraction of sp³-hybridized carbons (Fsp3) is 0.800. The summed E-state index contributed by atoms with van der Waals surface area (Å²) in [5, 5.41) is 0. The summed E-state index contributed by atoms with van der Waals surface area (Å²) in [5.41, 5.74) is 0.635. The highest BCUT2D eigenvalue weighted by atomic mass is 14.3. The van der Waals surface area contributed by atoms with Gasteiger partial charge in [0.2, 0.25) is 0 Å². The zero-order chi connectivity index (χ0) is 7.45. The van der Waals surface area contributed by atoms with Crippen molar-refractivity contribution in [3.63, 3.8) is 0 Å². The van der Waals surface area contributed by atoms with Crippen LogP contribution in [0.15, 0.2) is 12.2 Å². The van der Waals surface area contributed by atoms with Crippen LogP contribution in [-0.2, 0) is 0 Å². The van der Waals surface area contributed by atoms with E-state index in [9.17, 15) is 0 Å². The van der Waals surface area contributed by atoms with Crippen molar-refractivity contribution in [3.05, 3.63) is 12.2 Å². The van der Waals surface area contributed by atoms with Crippen molar-refractivity contribution in [2.45, 2.75) is 46.0 Å². The van der Waals surface area contributed by atoms with Crippen LogP contribution in [0, 0.1) is 5.41 Å². The highest BCUT2D eigenvalue weighted by Gasteiger charge is 2.23. The molecule has 0 aromatic carbocycles. The maximum absolute atomic E-state index is 2.41. The van der Waals surface area contributed by atoms with Crippen LogP contribution in [0.2, 0.25) is 0 Å². The Hall–Kier alpha value is -0.260. The van der Waals surface area contributed by atoms with Gasteiger partial charge in [0, 0.05) is 0 Å². The number of rotatable bonds is 3. The summed E-state index contributed by atoms with van der Waals surface area (Å²) in [6, 6.07) is 0. The third-order valence-electron chi connectivity index (χ3n) is 2.52. The summed E-state index contributed by atoms with van der Waals surface area (Å²) < 4.78 is 0. The molecule has 0 nitrogen and oxygen atoms in total. The Labute approximate surface area is 64.3 Å². The topological polar surface area (TPSA) is 0 Å². The molecule has 10 heavy (non-hydrogen) atoms. The quantitative estimate of drug-likeness (QED) is 0.523. The Morgan fingerprint density at radius 2 is 1.90 bits per heavy atom. The van der Waals surface area contributed by atoms with Crippen molar-refractivity contribution in [3.8, 4) is 0 Å². The number of unbranched alkanes of at least 4 members (excludes halogenated alkanes) is 1. The van der Waals surface area contributed by atoms with Crippen molar-refractivity contribution in [1.82, 2.24) is 0 Å². The molecule has 0 aromatic heterocycles. The van der Waals surface area contributed by atoms with E-state index in [-0.39, 0.29) is 0 Å². The molecule has 0 bridgehead atoms. The summed E-state index contributed by atoms with van der Waals surface area (Å²) >= 11 is 0. The van der Waals surface area contributed by atoms with Gasteiger partial charge in [-0.2, -0.15) is 0 Å². The first kappa shape index (κ1) is 7.84. The van der Waals surface area contributed by atoms with Gasteiger partial charge in [0.05, 0.1) is 0 Å². The van der Waals surface area contributed by atoms with Gasteiger partial charge >= 0.3 is 0 Å². The maximum Gasteiger partial charge on any atom is -0.0257 e. The van der Waals surface area contributed by atoms with E-state index in [1.54, 1.807) is 0 Å². The molecule has 0 N–H and O–H groups in total. The molecule has 0 saturated heterocycles. The highest BCUT2D eigenvalue weighted by Crippen LogP contribution is 2.37. The van der Waals surface area contributed by atoms with E-state index in [2.05, 4.69) is 26.0 Å². The fourth-order valence-electron chi connectivity index (χ4n) is 1.63. The lowest BCUT2D eigenvalue weighted by molar-refractivity contribution is 0.311. The Morgan fingerprint density at radius 3 is 2.40 bits per heavy atom. The molecular weight excluding hydrogens is 120 g/mol. The molecule has 0 amide bonds. The standard InChI is InChI=1S/C10H18/c1-3-4-7-10(2)8-5-6-9-10/h5-6H,3-4,7-9H2,1-2H3. The van der Waals surface area contributed by atoms with Gasteiger partial charge in [-0.05, 0) is 24.7 Å². The van der Waals surface area contributed by atoms with E-state index in [0.29, 0.717) is 5.41 Å². The van der Waals surface area contributed by atoms with Gasteiger partial charge in [0.1, 0.15) is 0 Å². The molecule has 0 aliphatic heterocycles. The van der Waals surface area contributed by atoms with Gasteiger partial charge in [0.15, 0.2) is 0 Å². The molecule has 0 heteroatoms. The van der Waals surface area contributed by atoms with Crippen LogP contribution in [0.25, 0.3) is 0 Å². The molecule has 0 saturated carbocycles. The van der Waals surface area contributed by atoms with Gasteiger partial charge in [-0.25, -0.2) is 0 Å². The predicted molar refractivity (Wildman–Crippen MR) is 46.0 cm³/mol. The lowest BCUT2D eigenvalue weighted by Crippen LogP contribution is -2.10. The Morgan fingerprint density at radius 1 is 1.30 bits per heavy atom. The summed E-state index contributed by atoms with van der Waals surface area (Å²) in [7, 11) is 0. The molecule has 0 fully saturated rings. The maximum atomic E-state index is 2.41. The largest absolute Gasteiger partial charge is 0.0880 e. The molecule has 0 heterocycles. The van der Waals surface area contributed by atoms with Gasteiger partial charge < -0.3 is 0 Å². The lowest BCUT2D eigenvalue weighted by atomic mass is 9.83. The van der Waals surface area contributed by atoms with Crippen LogP contribution in [-0.4, -0.2) is 0 Å². The number of hydrogen-bond donors (Lipinski definition) is 0. The van der Waals surface area contributed by atoms with E-state index in [0.717, 1.165) is 0 Å². The van der Waals surface area contributed by atoms with Crippen LogP contribution in [0.4, 0.5) is 0 Å². The molecule has 1 rings (SSSR count). The molecule has 0 radical (unpaired) electrons. The average Bonchev–Trinajstić information content (AvgIpc) is 2.33. The number of hydrogen-bond acceptors (Lipinski definition) is 0. The molecule has 0 unspecified atom stereocenters. The van der Waals surface area contributed by atoms with E-state index in [4.69, 9.17) is 0 Å². The zero-order valence-corrected chi connectivity index (χ0v) is 7.19. The van der Waals surface area contributed by atoms with E-state index in [1.165, 1.54) is 32.1 Å². The summed E-state index contributed by atoms with van der Waals surface area (Å²) in [6.45, 7) is 4.68. The molecule has 58 valence electrons. The van der Waals surface area contributed by atoms with Crippen LogP contribution >= 0.6 is 0 Å². The Bertz CT molecular complexity index is 114. The second-order valence-electron chi connectivity index (χ2n) is 3.79. The van der Waals surface area contributed by atoms with Crippen LogP contribution in [0.1, 0.15) is 46.0 Å². The number of allylic oxidation sites excluding steroid dienone is 2. The monoisotopic (exact) mass is 138 g/mol. The Kier molecular flexibility index (Phi) is 2.53. The SMILES string of the molecule is CCCCC1(C)CC=CC1. The summed E-state index contributed by atoms with van der Waals surface area (Å²) in [4.78, 5) is 0. The molecule has 0 spiro atoms. The third-order valence-corrected chi connectivity index (χ3v) is 2.52. The summed E-state index contributed by atoms with van der Waals surface area (Å²) in [6.07, 6.45) is 11.4. The first-order chi connectivity index (χ1) is 4.77. The van der Waals surface area contributed by atoms with Gasteiger partial charge in [0.25, 0.3) is 0 Å². The fourth-order valence-corrected chi connectivity index (χ4v) is 1.63. The third kappa shape index (κ3) is 1.86. The van der Waals surface area contributed by atoms with Crippen molar-refractivity contribution in [2.24, 2.45) is 5.41 Å². The highest BCUT2D eigenvalue weighted by molar-refractivity contribution is 5.00. The average molecular weight is 138 g/mol. The minimum Gasteiger partial charge on any atom is -0.0880 e. The first-order valence-electron chi connectivity index (χ1n) is 4.42. The van der Waals surface area contributed by atoms with Gasteiger partial charge in [-0.1, -0.05) is 38.8 Å². The second-order valence-corrected chi connectivity index (χ2v) is 3.79. The Balaban J connectivity index is 2.24. The van der Waals surface area contributed by atoms with E-state index < -0.39 is 0 Å². The smallest absolute Gasteiger partial charge is 0.0257 e. The molecule has 0 aromatic rings. The normalized spacial score (nSPS) is 21.8. The molecular formula is C10H18. The minimum atomic E-state index is 0.635. The van der Waals surface area contributed by atoms with E-state index in [1.807, 2.05) is 0 Å². The molecule has 1 aliphatic carbocycles. The van der Waals surface area contributed by atoms with Crippen LogP contribution < -0.4 is 0 Å². The van der Waals surface area contributed by atoms with Crippen molar-refractivity contribution >= 4 is 0 Å². The van der Waals surface area contributed by atoms with Gasteiger partial charge in [-0.15, -0.1) is 0 Å². The minimum absolute atomic E-state index is 0.635. The molecule has 1 aliphatic rings. The van der Waals surface area contributed by atoms with Crippen molar-refractivity contribution in [2.75, 3.05) is 0 Å². The first-order valence-corrected chi connectivity index (χ1v) is 4.42. The van der Waals surface area contributed by atoms with Crippen molar-refractivity contribution < 1.29 is 0 Å². The predicted octanol–water partition coefficient (Wildman–Crippen LogP) is 3.53. The van der Waals surface area contributed by atoms with Crippen molar-refractivity contribution in [1.29, 1.82) is 0 Å². The zero-order valence-electron chi connectivity index (χ0n) is 7.19. The van der Waals surface area contributed by atoms with E-state index >= 15 is 0 Å². The summed E-state index contributed by atoms with van der Waals surface area (Å²) in [5.74, 6) is 0.